The van der Waals surface area contributed by atoms with Gasteiger partial charge in [-0.2, -0.15) is 0 Å². The standard InChI is InChI=1S/C20H20BrFN2O4/c1-3-24(4-2)19(26)13-5-8-15(9-6-13)23-18(25)12-28-20(27)16-10-7-14(22)11-17(16)21/h5-11H,3-4,12H2,1-2H3,(H,23,25). The van der Waals surface area contributed by atoms with Crippen LogP contribution < -0.4 is 5.32 Å². The molecular weight excluding hydrogens is 431 g/mol. The van der Waals surface area contributed by atoms with Crippen LogP contribution in [0.3, 0.4) is 0 Å². The number of hydrogen-bond acceptors (Lipinski definition) is 4. The van der Waals surface area contributed by atoms with Crippen LogP contribution >= 0.6 is 15.9 Å². The van der Waals surface area contributed by atoms with Crippen LogP contribution in [0.1, 0.15) is 34.6 Å². The minimum absolute atomic E-state index is 0.0818. The van der Waals surface area contributed by atoms with Gasteiger partial charge in [-0.15, -0.1) is 0 Å². The highest BCUT2D eigenvalue weighted by atomic mass is 79.9. The van der Waals surface area contributed by atoms with E-state index < -0.39 is 24.3 Å². The molecule has 0 spiro atoms. The third-order valence-corrected chi connectivity index (χ3v) is 4.61. The first kappa shape index (κ1) is 21.6. The molecule has 2 aromatic rings. The number of nitrogens with one attached hydrogen (secondary N) is 1. The zero-order valence-corrected chi connectivity index (χ0v) is 17.1. The Kier molecular flexibility index (Phi) is 7.69. The molecule has 0 aliphatic rings. The van der Waals surface area contributed by atoms with Gasteiger partial charge in [0.1, 0.15) is 5.82 Å². The van der Waals surface area contributed by atoms with E-state index in [4.69, 9.17) is 4.74 Å². The molecule has 0 aliphatic heterocycles. The molecule has 6 nitrogen and oxygen atoms in total. The third-order valence-electron chi connectivity index (χ3n) is 3.95. The van der Waals surface area contributed by atoms with Crippen molar-refractivity contribution < 1.29 is 23.5 Å². The maximum Gasteiger partial charge on any atom is 0.339 e. The Balaban J connectivity index is 1.91. The van der Waals surface area contributed by atoms with Crippen molar-refractivity contribution in [3.63, 3.8) is 0 Å². The van der Waals surface area contributed by atoms with Gasteiger partial charge >= 0.3 is 5.97 Å². The highest BCUT2D eigenvalue weighted by Crippen LogP contribution is 2.19. The quantitative estimate of drug-likeness (QED) is 0.649. The molecule has 0 heterocycles. The van der Waals surface area contributed by atoms with Gasteiger partial charge in [-0.05, 0) is 72.2 Å². The monoisotopic (exact) mass is 450 g/mol. The summed E-state index contributed by atoms with van der Waals surface area (Å²) in [6.07, 6.45) is 0. The molecule has 2 rings (SSSR count). The molecule has 0 fully saturated rings. The molecule has 0 aromatic heterocycles. The van der Waals surface area contributed by atoms with Crippen LogP contribution in [0.5, 0.6) is 0 Å². The second-order valence-electron chi connectivity index (χ2n) is 5.80. The summed E-state index contributed by atoms with van der Waals surface area (Å²) in [5.74, 6) is -1.86. The number of rotatable bonds is 7. The first-order valence-corrected chi connectivity index (χ1v) is 9.46. The number of ether oxygens (including phenoxy) is 1. The molecule has 0 atom stereocenters. The molecule has 1 N–H and O–H groups in total. The van der Waals surface area contributed by atoms with E-state index in [1.54, 1.807) is 29.2 Å². The van der Waals surface area contributed by atoms with Crippen LogP contribution in [0.15, 0.2) is 46.9 Å². The molecule has 148 valence electrons. The Morgan fingerprint density at radius 2 is 1.71 bits per heavy atom. The van der Waals surface area contributed by atoms with Gasteiger partial charge in [-0.1, -0.05) is 0 Å². The summed E-state index contributed by atoms with van der Waals surface area (Å²) in [7, 11) is 0. The Morgan fingerprint density at radius 3 is 2.29 bits per heavy atom. The number of halogens is 2. The Bertz CT molecular complexity index is 867. The number of benzene rings is 2. The van der Waals surface area contributed by atoms with Crippen molar-refractivity contribution in [1.29, 1.82) is 0 Å². The zero-order valence-electron chi connectivity index (χ0n) is 15.5. The molecule has 0 unspecified atom stereocenters. The topological polar surface area (TPSA) is 75.7 Å². The average Bonchev–Trinajstić information content (AvgIpc) is 2.67. The lowest BCUT2D eigenvalue weighted by Crippen LogP contribution is -2.30. The predicted molar refractivity (Wildman–Crippen MR) is 107 cm³/mol. The molecular formula is C20H20BrFN2O4. The number of nitrogens with zero attached hydrogens (tertiary/aromatic N) is 1. The second kappa shape index (κ2) is 9.98. The highest BCUT2D eigenvalue weighted by Gasteiger charge is 2.15. The summed E-state index contributed by atoms with van der Waals surface area (Å²) in [5.41, 5.74) is 1.11. The Morgan fingerprint density at radius 1 is 1.07 bits per heavy atom. The number of hydrogen-bond donors (Lipinski definition) is 1. The summed E-state index contributed by atoms with van der Waals surface area (Å²) in [6.45, 7) is 4.54. The number of carbonyl (C=O) groups excluding carboxylic acids is 3. The fourth-order valence-corrected chi connectivity index (χ4v) is 2.96. The number of anilines is 1. The summed E-state index contributed by atoms with van der Waals surface area (Å²) in [6, 6.07) is 9.99. The van der Waals surface area contributed by atoms with E-state index in [1.807, 2.05) is 13.8 Å². The lowest BCUT2D eigenvalue weighted by Gasteiger charge is -2.18. The van der Waals surface area contributed by atoms with E-state index in [9.17, 15) is 18.8 Å². The van der Waals surface area contributed by atoms with E-state index in [-0.39, 0.29) is 15.9 Å². The van der Waals surface area contributed by atoms with E-state index in [2.05, 4.69) is 21.2 Å². The summed E-state index contributed by atoms with van der Waals surface area (Å²) in [5, 5.41) is 2.58. The van der Waals surface area contributed by atoms with Gasteiger partial charge in [0.25, 0.3) is 11.8 Å². The minimum Gasteiger partial charge on any atom is -0.452 e. The van der Waals surface area contributed by atoms with Crippen LogP contribution in [-0.4, -0.2) is 42.4 Å². The van der Waals surface area contributed by atoms with Crippen molar-refractivity contribution in [2.45, 2.75) is 13.8 Å². The number of carbonyl (C=O) groups is 3. The molecule has 2 amide bonds. The zero-order chi connectivity index (χ0) is 20.7. The predicted octanol–water partition coefficient (Wildman–Crippen LogP) is 3.87. The van der Waals surface area contributed by atoms with Gasteiger partial charge in [0.15, 0.2) is 6.61 Å². The van der Waals surface area contributed by atoms with Crippen molar-refractivity contribution in [3.8, 4) is 0 Å². The first-order chi connectivity index (χ1) is 13.3. The van der Waals surface area contributed by atoms with E-state index in [0.717, 1.165) is 12.1 Å². The highest BCUT2D eigenvalue weighted by molar-refractivity contribution is 9.10. The summed E-state index contributed by atoms with van der Waals surface area (Å²) < 4.78 is 18.2. The number of amides is 2. The lowest BCUT2D eigenvalue weighted by atomic mass is 10.2. The van der Waals surface area contributed by atoms with Gasteiger partial charge in [0, 0.05) is 28.8 Å². The average molecular weight is 451 g/mol. The molecule has 0 aliphatic carbocycles. The fraction of sp³-hybridized carbons (Fsp3) is 0.250. The van der Waals surface area contributed by atoms with Crippen LogP contribution in [-0.2, 0) is 9.53 Å². The maximum atomic E-state index is 13.1. The van der Waals surface area contributed by atoms with Crippen molar-refractivity contribution in [3.05, 3.63) is 63.9 Å². The third kappa shape index (κ3) is 5.63. The molecule has 2 aromatic carbocycles. The van der Waals surface area contributed by atoms with E-state index in [0.29, 0.717) is 24.3 Å². The molecule has 0 saturated heterocycles. The summed E-state index contributed by atoms with van der Waals surface area (Å²) >= 11 is 3.07. The van der Waals surface area contributed by atoms with Crippen LogP contribution in [0, 0.1) is 5.82 Å². The van der Waals surface area contributed by atoms with Gasteiger partial charge in [-0.3, -0.25) is 9.59 Å². The van der Waals surface area contributed by atoms with Gasteiger partial charge in [-0.25, -0.2) is 9.18 Å². The lowest BCUT2D eigenvalue weighted by molar-refractivity contribution is -0.119. The SMILES string of the molecule is CCN(CC)C(=O)c1ccc(NC(=O)COC(=O)c2ccc(F)cc2Br)cc1. The van der Waals surface area contributed by atoms with Gasteiger partial charge in [0.2, 0.25) is 0 Å². The van der Waals surface area contributed by atoms with Crippen molar-refractivity contribution >= 4 is 39.4 Å². The van der Waals surface area contributed by atoms with E-state index >= 15 is 0 Å². The Labute approximate surface area is 170 Å². The van der Waals surface area contributed by atoms with E-state index in [1.165, 1.54) is 6.07 Å². The smallest absolute Gasteiger partial charge is 0.339 e. The molecule has 0 bridgehead atoms. The van der Waals surface area contributed by atoms with Crippen LogP contribution in [0.2, 0.25) is 0 Å². The Hall–Kier alpha value is -2.74. The molecule has 8 heteroatoms. The molecule has 0 radical (unpaired) electrons. The van der Waals surface area contributed by atoms with Gasteiger partial charge in [0.05, 0.1) is 5.56 Å². The van der Waals surface area contributed by atoms with Crippen molar-refractivity contribution in [1.82, 2.24) is 4.90 Å². The van der Waals surface area contributed by atoms with Crippen LogP contribution in [0.4, 0.5) is 10.1 Å². The number of esters is 1. The summed E-state index contributed by atoms with van der Waals surface area (Å²) in [4.78, 5) is 37.9. The molecule has 0 saturated carbocycles. The first-order valence-electron chi connectivity index (χ1n) is 8.67. The fourth-order valence-electron chi connectivity index (χ4n) is 2.45. The largest absolute Gasteiger partial charge is 0.452 e. The normalized spacial score (nSPS) is 10.3. The maximum absolute atomic E-state index is 13.1. The second-order valence-corrected chi connectivity index (χ2v) is 6.66. The van der Waals surface area contributed by atoms with Crippen LogP contribution in [0.25, 0.3) is 0 Å². The molecule has 28 heavy (non-hydrogen) atoms. The minimum atomic E-state index is -0.748. The van der Waals surface area contributed by atoms with Gasteiger partial charge < -0.3 is 15.0 Å². The van der Waals surface area contributed by atoms with Crippen molar-refractivity contribution in [2.75, 3.05) is 25.0 Å². The van der Waals surface area contributed by atoms with Crippen molar-refractivity contribution in [2.24, 2.45) is 0 Å².